The third kappa shape index (κ3) is 7.78. The molecule has 0 aliphatic carbocycles. The second kappa shape index (κ2) is 9.82. The van der Waals surface area contributed by atoms with E-state index in [4.69, 9.17) is 9.47 Å². The number of rotatable bonds is 9. The molecule has 0 aliphatic heterocycles. The van der Waals surface area contributed by atoms with E-state index in [1.165, 1.54) is 0 Å². The van der Waals surface area contributed by atoms with E-state index in [1.54, 1.807) is 27.7 Å². The van der Waals surface area contributed by atoms with Crippen LogP contribution in [0.2, 0.25) is 0 Å². The lowest BCUT2D eigenvalue weighted by Crippen LogP contribution is -2.45. The summed E-state index contributed by atoms with van der Waals surface area (Å²) in [6.07, 6.45) is -0.442. The molecule has 1 unspecified atom stereocenters. The van der Waals surface area contributed by atoms with Gasteiger partial charge in [-0.05, 0) is 27.7 Å². The van der Waals surface area contributed by atoms with E-state index in [0.717, 1.165) is 0 Å². The molecule has 5 heteroatoms. The topological polar surface area (TPSA) is 55.8 Å². The van der Waals surface area contributed by atoms with Gasteiger partial charge >= 0.3 is 11.9 Å². The molecular weight excluding hydrogens is 282 g/mol. The first-order valence-electron chi connectivity index (χ1n) is 8.19. The van der Waals surface area contributed by atoms with Gasteiger partial charge < -0.3 is 9.47 Å². The first-order chi connectivity index (χ1) is 10.1. The van der Waals surface area contributed by atoms with Crippen molar-refractivity contribution in [3.05, 3.63) is 0 Å². The number of hydrogen-bond acceptors (Lipinski definition) is 5. The van der Waals surface area contributed by atoms with Gasteiger partial charge in [-0.1, -0.05) is 27.7 Å². The monoisotopic (exact) mass is 315 g/mol. The van der Waals surface area contributed by atoms with E-state index in [-0.39, 0.29) is 30.4 Å². The Morgan fingerprint density at radius 1 is 0.818 bits per heavy atom. The third-order valence-corrected chi connectivity index (χ3v) is 3.38. The molecule has 0 saturated carbocycles. The van der Waals surface area contributed by atoms with E-state index in [9.17, 15) is 9.59 Å². The van der Waals surface area contributed by atoms with Crippen LogP contribution in [-0.2, 0) is 19.1 Å². The van der Waals surface area contributed by atoms with Crippen molar-refractivity contribution in [3.8, 4) is 0 Å². The predicted octanol–water partition coefficient (Wildman–Crippen LogP) is 2.87. The fourth-order valence-electron chi connectivity index (χ4n) is 2.02. The largest absolute Gasteiger partial charge is 0.461 e. The van der Waals surface area contributed by atoms with Gasteiger partial charge in [0.15, 0.2) is 0 Å². The Kier molecular flexibility index (Phi) is 9.33. The van der Waals surface area contributed by atoms with Crippen molar-refractivity contribution in [2.75, 3.05) is 13.2 Å². The summed E-state index contributed by atoms with van der Waals surface area (Å²) in [6.45, 7) is 16.2. The highest BCUT2D eigenvalue weighted by Gasteiger charge is 2.25. The lowest BCUT2D eigenvalue weighted by molar-refractivity contribution is -0.164. The van der Waals surface area contributed by atoms with Crippen LogP contribution in [0.15, 0.2) is 0 Å². The average molecular weight is 315 g/mol. The van der Waals surface area contributed by atoms with E-state index < -0.39 is 6.10 Å². The zero-order valence-corrected chi connectivity index (χ0v) is 15.4. The lowest BCUT2D eigenvalue weighted by Gasteiger charge is -2.33. The molecule has 5 nitrogen and oxygen atoms in total. The van der Waals surface area contributed by atoms with Crippen LogP contribution in [0.3, 0.4) is 0 Å². The Morgan fingerprint density at radius 3 is 1.64 bits per heavy atom. The number of ether oxygens (including phenoxy) is 2. The summed E-state index contributed by atoms with van der Waals surface area (Å²) in [6, 6.07) is 0.641. The second-order valence-electron chi connectivity index (χ2n) is 6.88. The van der Waals surface area contributed by atoms with Crippen LogP contribution in [0.4, 0.5) is 0 Å². The Morgan fingerprint density at radius 2 is 1.27 bits per heavy atom. The first kappa shape index (κ1) is 20.9. The van der Waals surface area contributed by atoms with Gasteiger partial charge in [0.2, 0.25) is 0 Å². The quantitative estimate of drug-likeness (QED) is 0.612. The molecule has 0 rings (SSSR count). The molecule has 0 aromatic carbocycles. The van der Waals surface area contributed by atoms with Crippen LogP contribution in [0.25, 0.3) is 0 Å². The minimum atomic E-state index is -0.442. The van der Waals surface area contributed by atoms with Crippen molar-refractivity contribution in [2.24, 2.45) is 11.8 Å². The molecule has 0 saturated heterocycles. The molecule has 130 valence electrons. The molecule has 0 bridgehead atoms. The summed E-state index contributed by atoms with van der Waals surface area (Å²) in [5, 5.41) is 0. The van der Waals surface area contributed by atoms with E-state index in [2.05, 4.69) is 32.6 Å². The van der Waals surface area contributed by atoms with Crippen LogP contribution in [0.1, 0.15) is 55.4 Å². The SMILES string of the molecule is CC(C)C(=O)OCC(CN(C(C)C)C(C)C)OC(=O)C(C)C. The summed E-state index contributed by atoms with van der Waals surface area (Å²) in [4.78, 5) is 25.7. The number of hydrogen-bond donors (Lipinski definition) is 0. The summed E-state index contributed by atoms with van der Waals surface area (Å²) < 4.78 is 10.8. The van der Waals surface area contributed by atoms with Gasteiger partial charge in [0, 0.05) is 18.6 Å². The zero-order valence-electron chi connectivity index (χ0n) is 15.4. The molecule has 0 N–H and O–H groups in total. The highest BCUT2D eigenvalue weighted by Crippen LogP contribution is 2.11. The van der Waals surface area contributed by atoms with Crippen molar-refractivity contribution in [1.82, 2.24) is 4.90 Å². The van der Waals surface area contributed by atoms with Crippen molar-refractivity contribution in [3.63, 3.8) is 0 Å². The van der Waals surface area contributed by atoms with Gasteiger partial charge in [0.05, 0.1) is 11.8 Å². The predicted molar refractivity (Wildman–Crippen MR) is 87.5 cm³/mol. The molecule has 0 aromatic heterocycles. The van der Waals surface area contributed by atoms with Crippen molar-refractivity contribution < 1.29 is 19.1 Å². The Balaban J connectivity index is 4.84. The Hall–Kier alpha value is -1.10. The normalized spacial score (nSPS) is 13.3. The molecule has 0 aliphatic rings. The fourth-order valence-corrected chi connectivity index (χ4v) is 2.02. The van der Waals surface area contributed by atoms with Gasteiger partial charge in [-0.2, -0.15) is 0 Å². The summed E-state index contributed by atoms with van der Waals surface area (Å²) in [5.74, 6) is -0.924. The number of nitrogens with zero attached hydrogens (tertiary/aromatic N) is 1. The summed E-state index contributed by atoms with van der Waals surface area (Å²) in [5.41, 5.74) is 0. The van der Waals surface area contributed by atoms with Crippen LogP contribution >= 0.6 is 0 Å². The Labute approximate surface area is 135 Å². The van der Waals surface area contributed by atoms with Crippen molar-refractivity contribution >= 4 is 11.9 Å². The third-order valence-electron chi connectivity index (χ3n) is 3.38. The first-order valence-corrected chi connectivity index (χ1v) is 8.19. The van der Waals surface area contributed by atoms with Crippen LogP contribution in [0, 0.1) is 11.8 Å². The molecule has 0 amide bonds. The van der Waals surface area contributed by atoms with Crippen LogP contribution < -0.4 is 0 Å². The highest BCUT2D eigenvalue weighted by atomic mass is 16.6. The van der Waals surface area contributed by atoms with Crippen molar-refractivity contribution in [1.29, 1.82) is 0 Å². The molecular formula is C17H33NO4. The van der Waals surface area contributed by atoms with Gasteiger partial charge in [-0.3, -0.25) is 14.5 Å². The Bertz CT molecular complexity index is 343. The molecule has 0 spiro atoms. The molecule has 1 atom stereocenters. The number of esters is 2. The minimum absolute atomic E-state index is 0.103. The van der Waals surface area contributed by atoms with E-state index in [0.29, 0.717) is 18.6 Å². The molecule has 0 fully saturated rings. The lowest BCUT2D eigenvalue weighted by atomic mass is 10.2. The second-order valence-corrected chi connectivity index (χ2v) is 6.88. The molecule has 22 heavy (non-hydrogen) atoms. The molecule has 0 heterocycles. The maximum Gasteiger partial charge on any atom is 0.308 e. The van der Waals surface area contributed by atoms with Gasteiger partial charge in [-0.15, -0.1) is 0 Å². The average Bonchev–Trinajstić information content (AvgIpc) is 2.39. The van der Waals surface area contributed by atoms with Gasteiger partial charge in [0.25, 0.3) is 0 Å². The summed E-state index contributed by atoms with van der Waals surface area (Å²) in [7, 11) is 0. The van der Waals surface area contributed by atoms with Gasteiger partial charge in [-0.25, -0.2) is 0 Å². The highest BCUT2D eigenvalue weighted by molar-refractivity contribution is 5.72. The van der Waals surface area contributed by atoms with Crippen LogP contribution in [-0.4, -0.2) is 48.2 Å². The maximum absolute atomic E-state index is 11.9. The summed E-state index contributed by atoms with van der Waals surface area (Å²) >= 11 is 0. The smallest absolute Gasteiger partial charge is 0.308 e. The van der Waals surface area contributed by atoms with E-state index in [1.807, 2.05) is 0 Å². The van der Waals surface area contributed by atoms with Crippen LogP contribution in [0.5, 0.6) is 0 Å². The maximum atomic E-state index is 11.9. The minimum Gasteiger partial charge on any atom is -0.461 e. The molecule has 0 radical (unpaired) electrons. The zero-order chi connectivity index (χ0) is 17.4. The fraction of sp³-hybridized carbons (Fsp3) is 0.882. The number of carbonyl (C=O) groups excluding carboxylic acids is 2. The van der Waals surface area contributed by atoms with Gasteiger partial charge in [0.1, 0.15) is 12.7 Å². The number of carbonyl (C=O) groups is 2. The standard InChI is InChI=1S/C17H33NO4/c1-11(2)16(19)21-10-15(22-17(20)12(3)4)9-18(13(5)6)14(7)8/h11-15H,9-10H2,1-8H3. The molecule has 0 aromatic rings. The van der Waals surface area contributed by atoms with Crippen molar-refractivity contribution in [2.45, 2.75) is 73.6 Å². The van der Waals surface area contributed by atoms with E-state index >= 15 is 0 Å².